The summed E-state index contributed by atoms with van der Waals surface area (Å²) in [5, 5.41) is 15.6. The number of benzene rings is 1. The van der Waals surface area contributed by atoms with Gasteiger partial charge in [-0.3, -0.25) is 0 Å². The van der Waals surface area contributed by atoms with E-state index in [9.17, 15) is 9.59 Å². The quantitative estimate of drug-likeness (QED) is 0.403. The third-order valence-electron chi connectivity index (χ3n) is 2.80. The van der Waals surface area contributed by atoms with Crippen molar-refractivity contribution in [2.75, 3.05) is 6.61 Å². The molecule has 0 radical (unpaired) electrons. The highest BCUT2D eigenvalue weighted by molar-refractivity contribution is 5.89. The summed E-state index contributed by atoms with van der Waals surface area (Å²) in [5.74, 6) is 0.914. The molecule has 0 saturated heterocycles. The summed E-state index contributed by atoms with van der Waals surface area (Å²) >= 11 is 0. The molecule has 1 heterocycles. The van der Waals surface area contributed by atoms with Crippen molar-refractivity contribution in [1.82, 2.24) is 9.97 Å². The summed E-state index contributed by atoms with van der Waals surface area (Å²) in [4.78, 5) is 26.1. The summed E-state index contributed by atoms with van der Waals surface area (Å²) in [6.07, 6.45) is 11.8. The van der Waals surface area contributed by atoms with Crippen LogP contribution in [0.1, 0.15) is 17.7 Å². The van der Waals surface area contributed by atoms with Crippen LogP contribution in [0, 0.1) is 12.3 Å². The minimum absolute atomic E-state index is 0.558. The van der Waals surface area contributed by atoms with Crippen LogP contribution in [-0.4, -0.2) is 38.7 Å². The van der Waals surface area contributed by atoms with E-state index < -0.39 is 11.9 Å². The maximum Gasteiger partial charge on any atom is 0.328 e. The maximum absolute atomic E-state index is 9.55. The zero-order chi connectivity index (χ0) is 18.5. The first kappa shape index (κ1) is 19.5. The van der Waals surface area contributed by atoms with Gasteiger partial charge in [0.15, 0.2) is 0 Å². The molecule has 130 valence electrons. The molecule has 25 heavy (non-hydrogen) atoms. The van der Waals surface area contributed by atoms with Crippen LogP contribution in [0.15, 0.2) is 48.9 Å². The third-order valence-corrected chi connectivity index (χ3v) is 2.80. The van der Waals surface area contributed by atoms with Crippen molar-refractivity contribution in [2.24, 2.45) is 0 Å². The van der Waals surface area contributed by atoms with Crippen molar-refractivity contribution in [3.05, 3.63) is 60.2 Å². The van der Waals surface area contributed by atoms with E-state index in [0.29, 0.717) is 18.8 Å². The number of imidazole rings is 1. The van der Waals surface area contributed by atoms with Crippen LogP contribution in [-0.2, 0) is 16.0 Å². The lowest BCUT2D eigenvalue weighted by Gasteiger charge is -2.05. The average Bonchev–Trinajstić information content (AvgIpc) is 3.11. The standard InChI is InChI=1S/C14H14N2O.C4H4O4/c1-2-12-5-7-14(8-6-12)17-9-3-4-13-10-15-11-16-13;5-3(6)1-2-4(7)8/h1,5-8,10-11H,3-4,9H2,(H,15,16);1-2H,(H,5,6)(H,7,8)/b;2-1+. The van der Waals surface area contributed by atoms with E-state index >= 15 is 0 Å². The van der Waals surface area contributed by atoms with Gasteiger partial charge in [-0.05, 0) is 37.1 Å². The van der Waals surface area contributed by atoms with Gasteiger partial charge in [-0.2, -0.15) is 0 Å². The summed E-state index contributed by atoms with van der Waals surface area (Å²) in [6, 6.07) is 7.55. The molecule has 3 N–H and O–H groups in total. The molecule has 0 aliphatic rings. The van der Waals surface area contributed by atoms with Crippen molar-refractivity contribution in [3.63, 3.8) is 0 Å². The number of aromatic nitrogens is 2. The highest BCUT2D eigenvalue weighted by Crippen LogP contribution is 2.12. The summed E-state index contributed by atoms with van der Waals surface area (Å²) in [7, 11) is 0. The Morgan fingerprint density at radius 2 is 1.84 bits per heavy atom. The van der Waals surface area contributed by atoms with E-state index in [-0.39, 0.29) is 0 Å². The van der Waals surface area contributed by atoms with Crippen LogP contribution >= 0.6 is 0 Å². The van der Waals surface area contributed by atoms with Crippen LogP contribution in [0.4, 0.5) is 0 Å². The van der Waals surface area contributed by atoms with Crippen molar-refractivity contribution in [1.29, 1.82) is 0 Å². The molecule has 7 heteroatoms. The molecule has 7 nitrogen and oxygen atoms in total. The van der Waals surface area contributed by atoms with Crippen LogP contribution in [0.5, 0.6) is 5.75 Å². The van der Waals surface area contributed by atoms with Gasteiger partial charge >= 0.3 is 11.9 Å². The fraction of sp³-hybridized carbons (Fsp3) is 0.167. The molecule has 2 rings (SSSR count). The molecular formula is C18H18N2O5. The van der Waals surface area contributed by atoms with Crippen LogP contribution in [0.2, 0.25) is 0 Å². The van der Waals surface area contributed by atoms with Gasteiger partial charge in [0, 0.05) is 29.6 Å². The zero-order valence-corrected chi connectivity index (χ0v) is 13.4. The largest absolute Gasteiger partial charge is 0.494 e. The SMILES string of the molecule is C#Cc1ccc(OCCCc2cnc[nH]2)cc1.O=C(O)/C=C/C(=O)O. The Bertz CT molecular complexity index is 712. The minimum atomic E-state index is -1.26. The summed E-state index contributed by atoms with van der Waals surface area (Å²) < 4.78 is 5.60. The lowest BCUT2D eigenvalue weighted by atomic mass is 10.2. The molecule has 1 aromatic carbocycles. The second-order valence-electron chi connectivity index (χ2n) is 4.71. The monoisotopic (exact) mass is 342 g/mol. The molecule has 0 unspecified atom stereocenters. The van der Waals surface area contributed by atoms with Gasteiger partial charge in [-0.15, -0.1) is 6.42 Å². The molecule has 2 aromatic rings. The molecular weight excluding hydrogens is 324 g/mol. The fourth-order valence-corrected chi connectivity index (χ4v) is 1.66. The number of hydrogen-bond acceptors (Lipinski definition) is 4. The Kier molecular flexibility index (Phi) is 8.65. The zero-order valence-electron chi connectivity index (χ0n) is 13.4. The average molecular weight is 342 g/mol. The number of carboxylic acids is 2. The molecule has 0 aliphatic carbocycles. The topological polar surface area (TPSA) is 113 Å². The van der Waals surface area contributed by atoms with Crippen molar-refractivity contribution < 1.29 is 24.5 Å². The van der Waals surface area contributed by atoms with E-state index in [1.807, 2.05) is 30.5 Å². The van der Waals surface area contributed by atoms with Crippen molar-refractivity contribution >= 4 is 11.9 Å². The first-order valence-corrected chi connectivity index (χ1v) is 7.32. The van der Waals surface area contributed by atoms with Gasteiger partial charge in [0.1, 0.15) is 5.75 Å². The van der Waals surface area contributed by atoms with E-state index in [0.717, 1.165) is 29.8 Å². The minimum Gasteiger partial charge on any atom is -0.494 e. The predicted molar refractivity (Wildman–Crippen MR) is 91.2 cm³/mol. The molecule has 0 amide bonds. The number of nitrogens with zero attached hydrogens (tertiary/aromatic N) is 1. The maximum atomic E-state index is 9.55. The number of hydrogen-bond donors (Lipinski definition) is 3. The second kappa shape index (κ2) is 11.1. The van der Waals surface area contributed by atoms with E-state index in [1.54, 1.807) is 6.33 Å². The lowest BCUT2D eigenvalue weighted by molar-refractivity contribution is -0.134. The van der Waals surface area contributed by atoms with E-state index in [2.05, 4.69) is 15.9 Å². The molecule has 0 spiro atoms. The van der Waals surface area contributed by atoms with Crippen LogP contribution in [0.25, 0.3) is 0 Å². The van der Waals surface area contributed by atoms with Gasteiger partial charge in [-0.1, -0.05) is 5.92 Å². The van der Waals surface area contributed by atoms with E-state index in [4.69, 9.17) is 21.4 Å². The molecule has 0 atom stereocenters. The normalized spacial score (nSPS) is 9.72. The Balaban J connectivity index is 0.000000333. The number of rotatable bonds is 7. The predicted octanol–water partition coefficient (Wildman–Crippen LogP) is 2.11. The van der Waals surface area contributed by atoms with Crippen molar-refractivity contribution in [2.45, 2.75) is 12.8 Å². The first-order valence-electron chi connectivity index (χ1n) is 7.32. The van der Waals surface area contributed by atoms with Crippen LogP contribution in [0.3, 0.4) is 0 Å². The summed E-state index contributed by atoms with van der Waals surface area (Å²) in [6.45, 7) is 0.689. The molecule has 0 saturated carbocycles. The Morgan fingerprint density at radius 3 is 2.32 bits per heavy atom. The highest BCUT2D eigenvalue weighted by Gasteiger charge is 1.96. The smallest absolute Gasteiger partial charge is 0.328 e. The highest BCUT2D eigenvalue weighted by atomic mass is 16.5. The number of aromatic amines is 1. The number of carboxylic acid groups (broad SMARTS) is 2. The second-order valence-corrected chi connectivity index (χ2v) is 4.71. The fourth-order valence-electron chi connectivity index (χ4n) is 1.66. The molecule has 1 aromatic heterocycles. The number of H-pyrrole nitrogens is 1. The number of carbonyl (C=O) groups is 2. The number of aryl methyl sites for hydroxylation is 1. The third kappa shape index (κ3) is 9.25. The van der Waals surface area contributed by atoms with Gasteiger partial charge in [0.2, 0.25) is 0 Å². The lowest BCUT2D eigenvalue weighted by Crippen LogP contribution is -1.99. The first-order chi connectivity index (χ1) is 12.0. The Labute approximate surface area is 145 Å². The number of nitrogens with one attached hydrogen (secondary N) is 1. The Morgan fingerprint density at radius 1 is 1.20 bits per heavy atom. The molecule has 0 fully saturated rings. The van der Waals surface area contributed by atoms with Gasteiger partial charge < -0.3 is 19.9 Å². The van der Waals surface area contributed by atoms with Crippen molar-refractivity contribution in [3.8, 4) is 18.1 Å². The Hall–Kier alpha value is -3.53. The number of aliphatic carboxylic acids is 2. The summed E-state index contributed by atoms with van der Waals surface area (Å²) in [5.41, 5.74) is 2.01. The van der Waals surface area contributed by atoms with Gasteiger partial charge in [0.05, 0.1) is 12.9 Å². The number of terminal acetylenes is 1. The van der Waals surface area contributed by atoms with Gasteiger partial charge in [0.25, 0.3) is 0 Å². The van der Waals surface area contributed by atoms with Crippen LogP contribution < -0.4 is 4.74 Å². The number of ether oxygens (including phenoxy) is 1. The van der Waals surface area contributed by atoms with Gasteiger partial charge in [-0.25, -0.2) is 14.6 Å². The van der Waals surface area contributed by atoms with E-state index in [1.165, 1.54) is 0 Å². The molecule has 0 aliphatic heterocycles. The molecule has 0 bridgehead atoms.